The zero-order valence-electron chi connectivity index (χ0n) is 29.6. The van der Waals surface area contributed by atoms with Gasteiger partial charge < -0.3 is 4.90 Å². The van der Waals surface area contributed by atoms with E-state index in [4.69, 9.17) is 0 Å². The highest BCUT2D eigenvalue weighted by atomic mass is 32.1. The number of thiophene rings is 1. The van der Waals surface area contributed by atoms with Crippen LogP contribution in [0, 0.1) is 0 Å². The van der Waals surface area contributed by atoms with Gasteiger partial charge in [0, 0.05) is 31.5 Å². The Kier molecular flexibility index (Phi) is 8.09. The van der Waals surface area contributed by atoms with Crippen molar-refractivity contribution >= 4 is 59.3 Å². The van der Waals surface area contributed by atoms with Crippen LogP contribution in [0.1, 0.15) is 0 Å². The third kappa shape index (κ3) is 5.74. The van der Waals surface area contributed by atoms with Gasteiger partial charge in [-0.3, -0.25) is 0 Å². The fraction of sp³-hybridized carbons (Fsp3) is 0. The van der Waals surface area contributed by atoms with E-state index < -0.39 is 0 Å². The molecule has 1 nitrogen and oxygen atoms in total. The summed E-state index contributed by atoms with van der Waals surface area (Å²) in [6, 6.07) is 77.1. The fourth-order valence-electron chi connectivity index (χ4n) is 7.88. The van der Waals surface area contributed by atoms with Gasteiger partial charge in [0.15, 0.2) is 0 Å². The number of rotatable bonds is 7. The van der Waals surface area contributed by atoms with Crippen LogP contribution in [0.3, 0.4) is 0 Å². The molecule has 54 heavy (non-hydrogen) atoms. The lowest BCUT2D eigenvalue weighted by Crippen LogP contribution is -2.10. The number of nitrogens with zero attached hydrogens (tertiary/aromatic N) is 1. The van der Waals surface area contributed by atoms with Crippen LogP contribution in [0.25, 0.3) is 75.5 Å². The van der Waals surface area contributed by atoms with Crippen molar-refractivity contribution in [2.24, 2.45) is 0 Å². The summed E-state index contributed by atoms with van der Waals surface area (Å²) < 4.78 is 2.59. The van der Waals surface area contributed by atoms with Gasteiger partial charge in [0.1, 0.15) is 0 Å². The predicted octanol–water partition coefficient (Wildman–Crippen LogP) is 15.3. The molecule has 9 aromatic carbocycles. The molecule has 0 saturated carbocycles. The molecule has 0 saturated heterocycles. The van der Waals surface area contributed by atoms with Gasteiger partial charge in [-0.2, -0.15) is 0 Å². The molecule has 0 spiro atoms. The van der Waals surface area contributed by atoms with E-state index in [1.165, 1.54) is 81.1 Å². The quantitative estimate of drug-likeness (QED) is 0.160. The average Bonchev–Trinajstić information content (AvgIpc) is 3.64. The normalized spacial score (nSPS) is 11.3. The summed E-state index contributed by atoms with van der Waals surface area (Å²) in [4.78, 5) is 2.42. The lowest BCUT2D eigenvalue weighted by molar-refractivity contribution is 1.30. The molecule has 0 aliphatic rings. The van der Waals surface area contributed by atoms with Crippen molar-refractivity contribution in [2.45, 2.75) is 0 Å². The summed E-state index contributed by atoms with van der Waals surface area (Å²) in [5.74, 6) is 0. The summed E-state index contributed by atoms with van der Waals surface area (Å²) in [5, 5.41) is 5.07. The maximum atomic E-state index is 2.42. The van der Waals surface area contributed by atoms with Crippen molar-refractivity contribution in [1.29, 1.82) is 0 Å². The fourth-order valence-corrected chi connectivity index (χ4v) is 9.00. The summed E-state index contributed by atoms with van der Waals surface area (Å²) in [6.45, 7) is 0. The number of hydrogen-bond donors (Lipinski definition) is 0. The summed E-state index contributed by atoms with van der Waals surface area (Å²) in [6.07, 6.45) is 0. The Morgan fingerprint density at radius 2 is 0.815 bits per heavy atom. The van der Waals surface area contributed by atoms with Crippen LogP contribution in [0.2, 0.25) is 0 Å². The first-order valence-electron chi connectivity index (χ1n) is 18.4. The maximum Gasteiger partial charge on any atom is 0.0554 e. The van der Waals surface area contributed by atoms with Gasteiger partial charge in [-0.25, -0.2) is 0 Å². The predicted molar refractivity (Wildman–Crippen MR) is 233 cm³/mol. The number of benzene rings is 9. The molecular formula is C52H35NS. The first-order chi connectivity index (χ1) is 26.8. The standard InChI is InChI=1S/C52H35NS/c1-3-12-36(13-4-1)37-22-24-38(25-23-37)39-26-31-43(32-27-39)53(48-19-11-21-50-52(48)47-18-9-10-20-49(47)54-50)44-33-28-41(29-34-44)46-35-30-40-14-7-8-17-45(40)51(46)42-15-5-2-6-16-42/h1-35H. The van der Waals surface area contributed by atoms with Crippen LogP contribution in [-0.4, -0.2) is 0 Å². The van der Waals surface area contributed by atoms with Crippen molar-refractivity contribution < 1.29 is 0 Å². The summed E-state index contributed by atoms with van der Waals surface area (Å²) in [7, 11) is 0. The molecule has 254 valence electrons. The zero-order chi connectivity index (χ0) is 35.8. The van der Waals surface area contributed by atoms with E-state index in [1.807, 2.05) is 11.3 Å². The third-order valence-corrected chi connectivity index (χ3v) is 11.6. The third-order valence-electron chi connectivity index (χ3n) is 10.5. The maximum absolute atomic E-state index is 2.42. The van der Waals surface area contributed by atoms with Gasteiger partial charge in [-0.1, -0.05) is 170 Å². The Bertz CT molecular complexity index is 2890. The Labute approximate surface area is 319 Å². The number of fused-ring (bicyclic) bond motifs is 4. The largest absolute Gasteiger partial charge is 0.310 e. The zero-order valence-corrected chi connectivity index (χ0v) is 30.4. The van der Waals surface area contributed by atoms with Gasteiger partial charge >= 0.3 is 0 Å². The Morgan fingerprint density at radius 3 is 1.48 bits per heavy atom. The molecule has 1 heterocycles. The molecule has 0 bridgehead atoms. The lowest BCUT2D eigenvalue weighted by Gasteiger charge is -2.27. The molecule has 0 aliphatic heterocycles. The number of hydrogen-bond acceptors (Lipinski definition) is 2. The molecule has 2 heteroatoms. The van der Waals surface area contributed by atoms with Gasteiger partial charge in [0.25, 0.3) is 0 Å². The second kappa shape index (κ2) is 13.7. The minimum atomic E-state index is 1.11. The van der Waals surface area contributed by atoms with Crippen molar-refractivity contribution in [2.75, 3.05) is 4.90 Å². The second-order valence-corrected chi connectivity index (χ2v) is 14.8. The van der Waals surface area contributed by atoms with Gasteiger partial charge in [0.05, 0.1) is 5.69 Å². The van der Waals surface area contributed by atoms with Crippen molar-refractivity contribution in [3.05, 3.63) is 212 Å². The van der Waals surface area contributed by atoms with Crippen LogP contribution in [0.15, 0.2) is 212 Å². The minimum absolute atomic E-state index is 1.11. The molecule has 0 radical (unpaired) electrons. The molecule has 0 aliphatic carbocycles. The smallest absolute Gasteiger partial charge is 0.0554 e. The topological polar surface area (TPSA) is 3.24 Å². The Balaban J connectivity index is 1.09. The molecule has 0 atom stereocenters. The SMILES string of the molecule is c1ccc(-c2ccc(-c3ccc(N(c4ccc(-c5ccc6ccccc6c5-c5ccccc5)cc4)c4cccc5sc6ccccc6c45)cc3)cc2)cc1. The highest BCUT2D eigenvalue weighted by molar-refractivity contribution is 7.26. The Hall–Kier alpha value is -6.74. The van der Waals surface area contributed by atoms with Gasteiger partial charge in [-0.05, 0) is 97.7 Å². The van der Waals surface area contributed by atoms with Crippen LogP contribution in [0.4, 0.5) is 17.1 Å². The minimum Gasteiger partial charge on any atom is -0.310 e. The van der Waals surface area contributed by atoms with E-state index in [0.717, 1.165) is 11.4 Å². The molecule has 0 unspecified atom stereocenters. The van der Waals surface area contributed by atoms with E-state index in [0.29, 0.717) is 0 Å². The lowest BCUT2D eigenvalue weighted by atomic mass is 9.90. The van der Waals surface area contributed by atoms with Crippen molar-refractivity contribution in [3.8, 4) is 44.5 Å². The highest BCUT2D eigenvalue weighted by Crippen LogP contribution is 2.46. The number of anilines is 3. The monoisotopic (exact) mass is 705 g/mol. The van der Waals surface area contributed by atoms with E-state index in [2.05, 4.69) is 217 Å². The van der Waals surface area contributed by atoms with Gasteiger partial charge in [-0.15, -0.1) is 11.3 Å². The molecule has 0 N–H and O–H groups in total. The highest BCUT2D eigenvalue weighted by Gasteiger charge is 2.19. The van der Waals surface area contributed by atoms with Crippen LogP contribution in [-0.2, 0) is 0 Å². The van der Waals surface area contributed by atoms with E-state index in [9.17, 15) is 0 Å². The molecule has 10 rings (SSSR count). The van der Waals surface area contributed by atoms with Crippen molar-refractivity contribution in [1.82, 2.24) is 0 Å². The molecule has 0 amide bonds. The van der Waals surface area contributed by atoms with Crippen LogP contribution < -0.4 is 4.90 Å². The molecule has 1 aromatic heterocycles. The van der Waals surface area contributed by atoms with E-state index in [-0.39, 0.29) is 0 Å². The first kappa shape index (κ1) is 32.0. The average molecular weight is 706 g/mol. The molecule has 10 aromatic rings. The van der Waals surface area contributed by atoms with Gasteiger partial charge in [0.2, 0.25) is 0 Å². The summed E-state index contributed by atoms with van der Waals surface area (Å²) in [5.41, 5.74) is 13.2. The van der Waals surface area contributed by atoms with E-state index >= 15 is 0 Å². The summed E-state index contributed by atoms with van der Waals surface area (Å²) >= 11 is 1.86. The van der Waals surface area contributed by atoms with Crippen molar-refractivity contribution in [3.63, 3.8) is 0 Å². The van der Waals surface area contributed by atoms with Crippen LogP contribution in [0.5, 0.6) is 0 Å². The second-order valence-electron chi connectivity index (χ2n) is 13.7. The Morgan fingerprint density at radius 1 is 0.315 bits per heavy atom. The molecular weight excluding hydrogens is 671 g/mol. The van der Waals surface area contributed by atoms with E-state index in [1.54, 1.807) is 0 Å². The molecule has 0 fully saturated rings. The first-order valence-corrected chi connectivity index (χ1v) is 19.2. The van der Waals surface area contributed by atoms with Crippen LogP contribution >= 0.6 is 11.3 Å².